The normalized spacial score (nSPS) is 27.7. The number of allylic oxidation sites excluding steroid dienone is 3. The van der Waals surface area contributed by atoms with Gasteiger partial charge in [0.15, 0.2) is 11.8 Å². The molecule has 3 N–H and O–H groups in total. The fraction of sp³-hybridized carbons (Fsp3) is 0.642. The average molecular weight is 1170 g/mol. The van der Waals surface area contributed by atoms with Gasteiger partial charge in [-0.05, 0) is 51.8 Å². The first-order chi connectivity index (χ1) is 38.0. The first kappa shape index (κ1) is 63.5. The zero-order valence-electron chi connectivity index (χ0n) is 46.0. The number of fused-ring (bicyclic) bond motifs is 6. The summed E-state index contributed by atoms with van der Waals surface area (Å²) in [6, 6.07) is 3.54. The van der Waals surface area contributed by atoms with Crippen molar-refractivity contribution in [3.05, 3.63) is 46.5 Å². The molecule has 4 saturated heterocycles. The number of hydrogen-bond donors (Lipinski definition) is 3. The maximum atomic E-state index is 14.3. The maximum Gasteiger partial charge on any atom is 0.409 e. The molecule has 7 rings (SSSR count). The summed E-state index contributed by atoms with van der Waals surface area (Å²) in [5.41, 5.74) is -2.38. The Morgan fingerprint density at radius 3 is 2.30 bits per heavy atom. The molecule has 0 radical (unpaired) electrons. The zero-order chi connectivity index (χ0) is 58.4. The first-order valence-electron chi connectivity index (χ1n) is 26.2. The summed E-state index contributed by atoms with van der Waals surface area (Å²) in [6.45, 7) is 7.52. The number of anilines is 1. The first-order valence-corrected chi connectivity index (χ1v) is 27.7. The van der Waals surface area contributed by atoms with Gasteiger partial charge in [-0.25, -0.2) is 14.4 Å². The summed E-state index contributed by atoms with van der Waals surface area (Å²) in [6.07, 6.45) is -0.274. The Bertz CT molecular complexity index is 2510. The number of carbonyl (C=O) groups is 9. The van der Waals surface area contributed by atoms with Gasteiger partial charge in [-0.15, -0.1) is 16.8 Å². The second kappa shape index (κ2) is 28.8. The van der Waals surface area contributed by atoms with E-state index in [1.807, 2.05) is 13.0 Å². The molecular formula is C53H72ClN5O20S. The van der Waals surface area contributed by atoms with E-state index >= 15 is 0 Å². The molecule has 3 unspecified atom stereocenters. The van der Waals surface area contributed by atoms with Crippen molar-refractivity contribution in [1.29, 1.82) is 0 Å². The number of imide groups is 2. The predicted molar refractivity (Wildman–Crippen MR) is 284 cm³/mol. The van der Waals surface area contributed by atoms with Gasteiger partial charge in [-0.1, -0.05) is 35.4 Å². The number of alkyl carbamates (subject to hydrolysis) is 1. The number of halogens is 1. The highest BCUT2D eigenvalue weighted by molar-refractivity contribution is 8.00. The van der Waals surface area contributed by atoms with Crippen molar-refractivity contribution in [1.82, 2.24) is 20.6 Å². The number of likely N-dealkylation sites (tertiary alicyclic amines) is 1. The molecule has 0 aliphatic carbocycles. The third-order valence-corrected chi connectivity index (χ3v) is 15.5. The van der Waals surface area contributed by atoms with Gasteiger partial charge in [0.1, 0.15) is 40.3 Å². The zero-order valence-corrected chi connectivity index (χ0v) is 47.6. The van der Waals surface area contributed by atoms with Crippen molar-refractivity contribution >= 4 is 82.5 Å². The van der Waals surface area contributed by atoms with E-state index in [1.54, 1.807) is 45.2 Å². The minimum absolute atomic E-state index is 0.000122. The van der Waals surface area contributed by atoms with Gasteiger partial charge in [0.25, 0.3) is 11.8 Å². The SMILES string of the molecule is COc1cc2cc(c1Cl)N(C)C(=O)C[C@H](OC(=O)[C@H](C)OCCOCCSC1CC(=O)N(CCC(=O)NCCOCCOCCC(=O)ON3C(=O)CCC3=O)C1=O)[C@@]1(C)CC(C)(O1)C1C[C@@](O)(NC(=O)O1)[C@H](OC)/C=C/C=C(\C)C2. The highest BCUT2D eigenvalue weighted by Crippen LogP contribution is 2.50. The van der Waals surface area contributed by atoms with Gasteiger partial charge >= 0.3 is 18.0 Å². The number of hydrogen-bond acceptors (Lipinski definition) is 21. The topological polar surface area (TPSA) is 300 Å². The molecule has 80 heavy (non-hydrogen) atoms. The molecule has 0 spiro atoms. The number of ether oxygens (including phenoxy) is 9. The molecule has 6 heterocycles. The third kappa shape index (κ3) is 16.7. The number of rotatable bonds is 25. The molecule has 6 aliphatic heterocycles. The monoisotopic (exact) mass is 1170 g/mol. The Morgan fingerprint density at radius 1 is 0.912 bits per heavy atom. The number of amides is 7. The number of nitrogens with one attached hydrogen (secondary N) is 2. The summed E-state index contributed by atoms with van der Waals surface area (Å²) in [4.78, 5) is 121. The van der Waals surface area contributed by atoms with E-state index in [4.69, 9.17) is 59.1 Å². The molecule has 6 bridgehead atoms. The Labute approximate surface area is 472 Å². The molecule has 1 aromatic rings. The number of thioether (sulfide) groups is 1. The van der Waals surface area contributed by atoms with Crippen LogP contribution in [0.1, 0.15) is 84.6 Å². The fourth-order valence-corrected chi connectivity index (χ4v) is 11.0. The minimum atomic E-state index is -1.90. The maximum absolute atomic E-state index is 14.3. The number of nitrogens with zero attached hydrogens (tertiary/aromatic N) is 3. The van der Waals surface area contributed by atoms with Crippen LogP contribution in [0.15, 0.2) is 35.9 Å². The van der Waals surface area contributed by atoms with Crippen LogP contribution in [-0.2, 0) is 87.5 Å². The molecule has 27 heteroatoms. The summed E-state index contributed by atoms with van der Waals surface area (Å²) < 4.78 is 51.7. The third-order valence-electron chi connectivity index (χ3n) is 14.0. The molecule has 8 atom stereocenters. The van der Waals surface area contributed by atoms with E-state index in [9.17, 15) is 48.3 Å². The lowest BCUT2D eigenvalue weighted by molar-refractivity contribution is -0.328. The van der Waals surface area contributed by atoms with Crippen molar-refractivity contribution in [2.45, 2.75) is 132 Å². The van der Waals surface area contributed by atoms with E-state index in [1.165, 1.54) is 37.8 Å². The Kier molecular flexibility index (Phi) is 22.9. The standard InChI is InChI=1S/C53H72ClN5O20S/c1-32-9-8-10-38(71-7)53(69)30-40(77-50(68)56-53)52(4)31-51(3,79-52)39(29-44(63)57(5)35-26-34(25-32)27-36(70-6)47(35)54)76-49(67)33(2)75-22-21-74-23-24-80-37-28-45(64)58(48(37)66)16-13-41(60)55-15-18-73-20-19-72-17-14-46(65)78-59-42(61)11-12-43(59)62/h8-10,26-27,33,37-40,69H,11-25,28-31H2,1-7H3,(H,55,60)(H,56,68)/b10-8+,32-9+/t33-,37?,38+,39-,40?,51+,52?,53-/m0/s1. The molecule has 0 aromatic heterocycles. The minimum Gasteiger partial charge on any atom is -0.495 e. The molecule has 0 saturated carbocycles. The van der Waals surface area contributed by atoms with E-state index in [2.05, 4.69) is 10.6 Å². The van der Waals surface area contributed by atoms with Crippen LogP contribution in [0.25, 0.3) is 0 Å². The molecular weight excluding hydrogens is 1090 g/mol. The number of methoxy groups -OCH3 is 2. The van der Waals surface area contributed by atoms with Gasteiger partial charge in [-0.2, -0.15) is 0 Å². The highest BCUT2D eigenvalue weighted by Gasteiger charge is 2.63. The lowest BCUT2D eigenvalue weighted by atomic mass is 9.72. The van der Waals surface area contributed by atoms with E-state index in [-0.39, 0.29) is 122 Å². The summed E-state index contributed by atoms with van der Waals surface area (Å²) in [7, 11) is 4.42. The summed E-state index contributed by atoms with van der Waals surface area (Å²) in [5.74, 6) is -3.66. The summed E-state index contributed by atoms with van der Waals surface area (Å²) >= 11 is 8.04. The average Bonchev–Trinajstić information content (AvgIpc) is 3.87. The Hall–Kier alpha value is -5.71. The summed E-state index contributed by atoms with van der Waals surface area (Å²) in [5, 5.41) is 17.0. The van der Waals surface area contributed by atoms with Crippen molar-refractivity contribution in [2.24, 2.45) is 0 Å². The quantitative estimate of drug-likeness (QED) is 0.0720. The highest BCUT2D eigenvalue weighted by atomic mass is 35.5. The molecule has 7 amide bonds. The van der Waals surface area contributed by atoms with Gasteiger partial charge in [0, 0.05) is 71.5 Å². The second-order valence-corrected chi connectivity index (χ2v) is 21.9. The largest absolute Gasteiger partial charge is 0.495 e. The van der Waals surface area contributed by atoms with Crippen LogP contribution in [-0.4, -0.2) is 201 Å². The van der Waals surface area contributed by atoms with Gasteiger partial charge in [0.05, 0.1) is 77.1 Å². The predicted octanol–water partition coefficient (Wildman–Crippen LogP) is 2.63. The second-order valence-electron chi connectivity index (χ2n) is 20.2. The number of esters is 1. The number of carbonyl (C=O) groups excluding carboxylic acids is 9. The molecule has 25 nitrogen and oxygen atoms in total. The van der Waals surface area contributed by atoms with E-state index in [0.717, 1.165) is 16.0 Å². The Balaban J connectivity index is 0.922. The number of aliphatic hydroxyl groups is 1. The van der Waals surface area contributed by atoms with Gasteiger partial charge < -0.3 is 62.8 Å². The van der Waals surface area contributed by atoms with Crippen LogP contribution in [0.3, 0.4) is 0 Å². The van der Waals surface area contributed by atoms with Crippen LogP contribution in [0.2, 0.25) is 5.02 Å². The van der Waals surface area contributed by atoms with E-state index in [0.29, 0.717) is 28.7 Å². The van der Waals surface area contributed by atoms with Crippen LogP contribution in [0.5, 0.6) is 5.75 Å². The number of benzene rings is 1. The van der Waals surface area contributed by atoms with Gasteiger partial charge in [-0.3, -0.25) is 39.0 Å². The lowest BCUT2D eigenvalue weighted by Crippen LogP contribution is -2.72. The Morgan fingerprint density at radius 2 is 1.60 bits per heavy atom. The molecule has 442 valence electrons. The smallest absolute Gasteiger partial charge is 0.409 e. The van der Waals surface area contributed by atoms with E-state index < -0.39 is 94.2 Å². The van der Waals surface area contributed by atoms with Gasteiger partial charge in [0.2, 0.25) is 23.6 Å². The molecule has 4 fully saturated rings. The number of hydroxylamine groups is 2. The van der Waals surface area contributed by atoms with Crippen molar-refractivity contribution in [3.8, 4) is 5.75 Å². The van der Waals surface area contributed by atoms with Crippen LogP contribution < -0.4 is 20.3 Å². The van der Waals surface area contributed by atoms with Crippen molar-refractivity contribution in [2.75, 3.05) is 91.3 Å². The lowest BCUT2D eigenvalue weighted by Gasteiger charge is -2.59. The van der Waals surface area contributed by atoms with Crippen molar-refractivity contribution in [3.63, 3.8) is 0 Å². The van der Waals surface area contributed by atoms with Crippen molar-refractivity contribution < 1.29 is 95.7 Å². The van der Waals surface area contributed by atoms with Crippen LogP contribution in [0.4, 0.5) is 10.5 Å². The fourth-order valence-electron chi connectivity index (χ4n) is 9.70. The molecule has 1 aromatic carbocycles. The van der Waals surface area contributed by atoms with Crippen LogP contribution in [0, 0.1) is 0 Å². The molecule has 6 aliphatic rings. The van der Waals surface area contributed by atoms with Crippen LogP contribution >= 0.6 is 23.4 Å².